The van der Waals surface area contributed by atoms with E-state index in [0.29, 0.717) is 5.56 Å². The van der Waals surface area contributed by atoms with Crippen LogP contribution in [-0.4, -0.2) is 5.78 Å². The van der Waals surface area contributed by atoms with Crippen LogP contribution in [0, 0.1) is 5.82 Å². The summed E-state index contributed by atoms with van der Waals surface area (Å²) in [6.07, 6.45) is 6.74. The second-order valence-electron chi connectivity index (χ2n) is 4.14. The maximum Gasteiger partial charge on any atom is 0.185 e. The number of benzene rings is 2. The quantitative estimate of drug-likeness (QED) is 0.436. The molecule has 0 fully saturated rings. The summed E-state index contributed by atoms with van der Waals surface area (Å²) >= 11 is 3.32. The Labute approximate surface area is 125 Å². The lowest BCUT2D eigenvalue weighted by molar-refractivity contribution is 0.104. The minimum absolute atomic E-state index is 0.0544. The molecule has 20 heavy (non-hydrogen) atoms. The van der Waals surface area contributed by atoms with E-state index >= 15 is 0 Å². The maximum absolute atomic E-state index is 12.7. The predicted molar refractivity (Wildman–Crippen MR) is 83.0 cm³/mol. The third-order valence-electron chi connectivity index (χ3n) is 2.65. The van der Waals surface area contributed by atoms with Crippen LogP contribution in [0.3, 0.4) is 0 Å². The van der Waals surface area contributed by atoms with Gasteiger partial charge in [-0.05, 0) is 48.0 Å². The van der Waals surface area contributed by atoms with Crippen molar-refractivity contribution < 1.29 is 9.18 Å². The van der Waals surface area contributed by atoms with Crippen molar-refractivity contribution in [2.75, 3.05) is 0 Å². The zero-order chi connectivity index (χ0) is 14.4. The highest BCUT2D eigenvalue weighted by molar-refractivity contribution is 9.10. The van der Waals surface area contributed by atoms with E-state index in [1.54, 1.807) is 36.4 Å². The lowest BCUT2D eigenvalue weighted by Crippen LogP contribution is -1.92. The first-order chi connectivity index (χ1) is 9.65. The number of allylic oxidation sites excluding steroid dienone is 3. The maximum atomic E-state index is 12.7. The van der Waals surface area contributed by atoms with Gasteiger partial charge in [0.15, 0.2) is 5.78 Å². The molecular weight excluding hydrogens is 319 g/mol. The summed E-state index contributed by atoms with van der Waals surface area (Å²) in [5.41, 5.74) is 1.52. The second-order valence-corrected chi connectivity index (χ2v) is 5.06. The Morgan fingerprint density at radius 1 is 0.950 bits per heavy atom. The number of carbonyl (C=O) groups is 1. The van der Waals surface area contributed by atoms with Crippen molar-refractivity contribution in [2.24, 2.45) is 0 Å². The lowest BCUT2D eigenvalue weighted by Gasteiger charge is -1.95. The summed E-state index contributed by atoms with van der Waals surface area (Å²) in [5, 5.41) is 0. The Kier molecular flexibility index (Phi) is 5.02. The summed E-state index contributed by atoms with van der Waals surface area (Å²) in [5.74, 6) is -0.315. The molecule has 0 spiro atoms. The molecule has 0 aliphatic carbocycles. The van der Waals surface area contributed by atoms with Crippen LogP contribution in [-0.2, 0) is 0 Å². The third kappa shape index (κ3) is 4.28. The molecular formula is C17H12BrFO. The van der Waals surface area contributed by atoms with Crippen molar-refractivity contribution in [3.63, 3.8) is 0 Å². The Morgan fingerprint density at radius 3 is 2.25 bits per heavy atom. The Balaban J connectivity index is 1.97. The largest absolute Gasteiger partial charge is 0.289 e. The molecule has 2 aromatic carbocycles. The molecule has 0 heterocycles. The van der Waals surface area contributed by atoms with Crippen molar-refractivity contribution in [3.05, 3.63) is 88.2 Å². The van der Waals surface area contributed by atoms with E-state index in [1.807, 2.05) is 18.2 Å². The lowest BCUT2D eigenvalue weighted by atomic mass is 10.1. The van der Waals surface area contributed by atoms with Gasteiger partial charge in [-0.15, -0.1) is 0 Å². The Morgan fingerprint density at radius 2 is 1.60 bits per heavy atom. The molecule has 0 N–H and O–H groups in total. The van der Waals surface area contributed by atoms with Gasteiger partial charge in [-0.3, -0.25) is 4.79 Å². The summed E-state index contributed by atoms with van der Waals surface area (Å²) < 4.78 is 13.6. The zero-order valence-electron chi connectivity index (χ0n) is 10.6. The summed E-state index contributed by atoms with van der Waals surface area (Å²) in [7, 11) is 0. The van der Waals surface area contributed by atoms with Gasteiger partial charge >= 0.3 is 0 Å². The van der Waals surface area contributed by atoms with Crippen LogP contribution < -0.4 is 0 Å². The van der Waals surface area contributed by atoms with E-state index in [0.717, 1.165) is 10.0 Å². The molecule has 0 atom stereocenters. The van der Waals surface area contributed by atoms with E-state index in [9.17, 15) is 9.18 Å². The van der Waals surface area contributed by atoms with Crippen LogP contribution in [0.15, 0.2) is 71.2 Å². The Bertz CT molecular complexity index is 640. The van der Waals surface area contributed by atoms with Crippen molar-refractivity contribution in [2.45, 2.75) is 0 Å². The van der Waals surface area contributed by atoms with Crippen LogP contribution >= 0.6 is 15.9 Å². The summed E-state index contributed by atoms with van der Waals surface area (Å²) in [6.45, 7) is 0. The first-order valence-electron chi connectivity index (χ1n) is 6.05. The van der Waals surface area contributed by atoms with Crippen LogP contribution in [0.4, 0.5) is 4.39 Å². The molecule has 1 nitrogen and oxygen atoms in total. The normalized spacial score (nSPS) is 11.3. The second kappa shape index (κ2) is 6.96. The number of halogens is 2. The Hall–Kier alpha value is -2.00. The van der Waals surface area contributed by atoms with Crippen LogP contribution in [0.25, 0.3) is 6.08 Å². The topological polar surface area (TPSA) is 17.1 Å². The summed E-state index contributed by atoms with van der Waals surface area (Å²) in [6, 6.07) is 13.3. The van der Waals surface area contributed by atoms with Gasteiger partial charge in [0.25, 0.3) is 0 Å². The molecule has 0 saturated carbocycles. The zero-order valence-corrected chi connectivity index (χ0v) is 12.2. The molecule has 100 valence electrons. The van der Waals surface area contributed by atoms with Gasteiger partial charge in [0.05, 0.1) is 0 Å². The first kappa shape index (κ1) is 14.4. The third-order valence-corrected chi connectivity index (χ3v) is 3.17. The van der Waals surface area contributed by atoms with E-state index in [1.165, 1.54) is 18.2 Å². The number of carbonyl (C=O) groups excluding carboxylic acids is 1. The number of ketones is 1. The van der Waals surface area contributed by atoms with E-state index in [2.05, 4.69) is 15.9 Å². The molecule has 2 rings (SSSR count). The molecule has 0 unspecified atom stereocenters. The van der Waals surface area contributed by atoms with E-state index in [4.69, 9.17) is 0 Å². The SMILES string of the molecule is O=C(/C=C/C=C/c1ccc(F)cc1)c1ccc(Br)cc1. The van der Waals surface area contributed by atoms with Crippen molar-refractivity contribution in [3.8, 4) is 0 Å². The predicted octanol–water partition coefficient (Wildman–Crippen LogP) is 5.04. The van der Waals surface area contributed by atoms with Crippen molar-refractivity contribution >= 4 is 27.8 Å². The van der Waals surface area contributed by atoms with Crippen LogP contribution in [0.5, 0.6) is 0 Å². The van der Waals surface area contributed by atoms with Gasteiger partial charge < -0.3 is 0 Å². The van der Waals surface area contributed by atoms with Crippen molar-refractivity contribution in [1.29, 1.82) is 0 Å². The molecule has 0 saturated heterocycles. The molecule has 0 aliphatic heterocycles. The van der Waals surface area contributed by atoms with Gasteiger partial charge in [0.1, 0.15) is 5.82 Å². The van der Waals surface area contributed by atoms with Gasteiger partial charge in [-0.25, -0.2) is 4.39 Å². The van der Waals surface area contributed by atoms with Gasteiger partial charge in [0, 0.05) is 10.0 Å². The van der Waals surface area contributed by atoms with Gasteiger partial charge in [0.2, 0.25) is 0 Å². The molecule has 3 heteroatoms. The average Bonchev–Trinajstić information content (AvgIpc) is 2.46. The average molecular weight is 331 g/mol. The van der Waals surface area contributed by atoms with Gasteiger partial charge in [-0.1, -0.05) is 46.3 Å². The monoisotopic (exact) mass is 330 g/mol. The van der Waals surface area contributed by atoms with Gasteiger partial charge in [-0.2, -0.15) is 0 Å². The minimum atomic E-state index is -0.261. The van der Waals surface area contributed by atoms with Crippen LogP contribution in [0.1, 0.15) is 15.9 Å². The molecule has 0 radical (unpaired) electrons. The van der Waals surface area contributed by atoms with E-state index in [-0.39, 0.29) is 11.6 Å². The minimum Gasteiger partial charge on any atom is -0.289 e. The molecule has 0 bridgehead atoms. The highest BCUT2D eigenvalue weighted by Crippen LogP contribution is 2.11. The smallest absolute Gasteiger partial charge is 0.185 e. The first-order valence-corrected chi connectivity index (χ1v) is 6.85. The van der Waals surface area contributed by atoms with Crippen LogP contribution in [0.2, 0.25) is 0 Å². The summed E-state index contributed by atoms with van der Waals surface area (Å²) in [4.78, 5) is 11.8. The molecule has 0 aromatic heterocycles. The number of rotatable bonds is 4. The fraction of sp³-hybridized carbons (Fsp3) is 0. The highest BCUT2D eigenvalue weighted by Gasteiger charge is 1.99. The number of hydrogen-bond acceptors (Lipinski definition) is 1. The molecule has 0 amide bonds. The molecule has 0 aliphatic rings. The fourth-order valence-corrected chi connectivity index (χ4v) is 1.86. The highest BCUT2D eigenvalue weighted by atomic mass is 79.9. The van der Waals surface area contributed by atoms with E-state index < -0.39 is 0 Å². The fourth-order valence-electron chi connectivity index (χ4n) is 1.59. The standard InChI is InChI=1S/C17H12BrFO/c18-15-9-7-14(8-10-15)17(20)4-2-1-3-13-5-11-16(19)12-6-13/h1-12H/b3-1+,4-2+. The number of hydrogen-bond donors (Lipinski definition) is 0. The molecule has 2 aromatic rings. The van der Waals surface area contributed by atoms with Crippen molar-refractivity contribution in [1.82, 2.24) is 0 Å².